The van der Waals surface area contributed by atoms with Crippen LogP contribution in [0.5, 0.6) is 0 Å². The lowest BCUT2D eigenvalue weighted by Gasteiger charge is -2.13. The van der Waals surface area contributed by atoms with Gasteiger partial charge in [-0.1, -0.05) is 5.16 Å². The molecule has 3 aromatic heterocycles. The van der Waals surface area contributed by atoms with E-state index in [1.165, 1.54) is 0 Å². The molecule has 0 saturated carbocycles. The summed E-state index contributed by atoms with van der Waals surface area (Å²) in [5.74, 6) is 1.21. The van der Waals surface area contributed by atoms with Gasteiger partial charge in [0.05, 0.1) is 23.1 Å². The number of nitrogens with zero attached hydrogens (tertiary/aromatic N) is 4. The first-order valence-electron chi connectivity index (χ1n) is 8.79. The maximum atomic E-state index is 5.65. The molecule has 134 valence electrons. The van der Waals surface area contributed by atoms with Gasteiger partial charge in [-0.3, -0.25) is 4.98 Å². The van der Waals surface area contributed by atoms with Gasteiger partial charge in [0, 0.05) is 42.9 Å². The highest BCUT2D eigenvalue weighted by Crippen LogP contribution is 2.32. The summed E-state index contributed by atoms with van der Waals surface area (Å²) >= 11 is 0. The molecule has 0 bridgehead atoms. The number of aromatic nitrogens is 4. The third kappa shape index (κ3) is 3.43. The van der Waals surface area contributed by atoms with E-state index in [-0.39, 0.29) is 6.10 Å². The maximum Gasteiger partial charge on any atom is 0.223 e. The molecule has 4 heterocycles. The van der Waals surface area contributed by atoms with Crippen molar-refractivity contribution in [2.75, 3.05) is 18.5 Å². The summed E-state index contributed by atoms with van der Waals surface area (Å²) in [7, 11) is 0. The van der Waals surface area contributed by atoms with Crippen molar-refractivity contribution in [2.45, 2.75) is 32.8 Å². The van der Waals surface area contributed by atoms with Crippen molar-refractivity contribution in [1.82, 2.24) is 20.1 Å². The van der Waals surface area contributed by atoms with Crippen molar-refractivity contribution in [3.63, 3.8) is 0 Å². The van der Waals surface area contributed by atoms with Crippen molar-refractivity contribution in [3.8, 4) is 22.6 Å². The van der Waals surface area contributed by atoms with E-state index in [4.69, 9.17) is 14.2 Å². The van der Waals surface area contributed by atoms with Crippen LogP contribution in [0.4, 0.5) is 5.95 Å². The molecular formula is C19H21N5O2. The Kier molecular flexibility index (Phi) is 4.62. The molecule has 0 aliphatic carbocycles. The molecule has 0 amide bonds. The molecule has 4 rings (SSSR count). The summed E-state index contributed by atoms with van der Waals surface area (Å²) in [5, 5.41) is 7.27. The quantitative estimate of drug-likeness (QED) is 0.754. The van der Waals surface area contributed by atoms with E-state index in [9.17, 15) is 0 Å². The second kappa shape index (κ2) is 7.21. The predicted octanol–water partition coefficient (Wildman–Crippen LogP) is 3.40. The van der Waals surface area contributed by atoms with E-state index in [0.717, 1.165) is 47.7 Å². The lowest BCUT2D eigenvalue weighted by Crippen LogP contribution is -2.19. The highest BCUT2D eigenvalue weighted by Gasteiger charge is 2.19. The third-order valence-corrected chi connectivity index (χ3v) is 4.46. The van der Waals surface area contributed by atoms with E-state index in [2.05, 4.69) is 20.4 Å². The smallest absolute Gasteiger partial charge is 0.223 e. The molecule has 1 N–H and O–H groups in total. The van der Waals surface area contributed by atoms with E-state index >= 15 is 0 Å². The van der Waals surface area contributed by atoms with E-state index in [1.54, 1.807) is 12.4 Å². The molecule has 0 aromatic carbocycles. The fourth-order valence-electron chi connectivity index (χ4n) is 3.09. The Balaban J connectivity index is 1.71. The molecule has 1 saturated heterocycles. The van der Waals surface area contributed by atoms with Crippen LogP contribution in [0, 0.1) is 13.8 Å². The van der Waals surface area contributed by atoms with Gasteiger partial charge < -0.3 is 14.6 Å². The molecule has 0 radical (unpaired) electrons. The van der Waals surface area contributed by atoms with Gasteiger partial charge in [-0.25, -0.2) is 9.97 Å². The average Bonchev–Trinajstić information content (AvgIpc) is 3.32. The Labute approximate surface area is 151 Å². The fourth-order valence-corrected chi connectivity index (χ4v) is 3.09. The maximum absolute atomic E-state index is 5.65. The van der Waals surface area contributed by atoms with Crippen LogP contribution in [0.1, 0.15) is 24.2 Å². The van der Waals surface area contributed by atoms with Crippen molar-refractivity contribution in [2.24, 2.45) is 0 Å². The molecule has 1 fully saturated rings. The number of ether oxygens (including phenoxy) is 1. The van der Waals surface area contributed by atoms with Crippen LogP contribution >= 0.6 is 0 Å². The van der Waals surface area contributed by atoms with E-state index in [0.29, 0.717) is 18.3 Å². The molecule has 1 aliphatic heterocycles. The summed E-state index contributed by atoms with van der Waals surface area (Å²) in [5.41, 5.74) is 4.23. The lowest BCUT2D eigenvalue weighted by atomic mass is 10.0. The molecule has 1 atom stereocenters. The summed E-state index contributed by atoms with van der Waals surface area (Å²) in [6.07, 6.45) is 5.94. The lowest BCUT2D eigenvalue weighted by molar-refractivity contribution is 0.120. The van der Waals surface area contributed by atoms with Crippen molar-refractivity contribution < 1.29 is 9.26 Å². The van der Waals surface area contributed by atoms with Gasteiger partial charge >= 0.3 is 0 Å². The molecule has 7 nitrogen and oxygen atoms in total. The minimum absolute atomic E-state index is 0.221. The van der Waals surface area contributed by atoms with Gasteiger partial charge in [-0.05, 0) is 38.8 Å². The van der Waals surface area contributed by atoms with Crippen LogP contribution < -0.4 is 5.32 Å². The van der Waals surface area contributed by atoms with Crippen LogP contribution in [0.3, 0.4) is 0 Å². The largest absolute Gasteiger partial charge is 0.376 e. The van der Waals surface area contributed by atoms with Gasteiger partial charge in [-0.2, -0.15) is 0 Å². The first-order chi connectivity index (χ1) is 12.7. The van der Waals surface area contributed by atoms with Gasteiger partial charge in [0.1, 0.15) is 0 Å². The van der Waals surface area contributed by atoms with Crippen LogP contribution in [-0.4, -0.2) is 39.4 Å². The van der Waals surface area contributed by atoms with Crippen LogP contribution in [0.15, 0.2) is 35.1 Å². The normalized spacial score (nSPS) is 16.8. The Hall–Kier alpha value is -2.80. The Morgan fingerprint density at radius 2 is 2.15 bits per heavy atom. The van der Waals surface area contributed by atoms with Crippen molar-refractivity contribution in [3.05, 3.63) is 42.0 Å². The number of anilines is 1. The Morgan fingerprint density at radius 1 is 1.23 bits per heavy atom. The van der Waals surface area contributed by atoms with Gasteiger partial charge in [0.2, 0.25) is 5.95 Å². The Bertz CT molecular complexity index is 902. The summed E-state index contributed by atoms with van der Waals surface area (Å²) < 4.78 is 11.1. The van der Waals surface area contributed by atoms with Crippen molar-refractivity contribution >= 4 is 5.95 Å². The first kappa shape index (κ1) is 16.7. The average molecular weight is 351 g/mol. The van der Waals surface area contributed by atoms with Crippen LogP contribution in [0.2, 0.25) is 0 Å². The summed E-state index contributed by atoms with van der Waals surface area (Å²) in [4.78, 5) is 13.6. The van der Waals surface area contributed by atoms with Gasteiger partial charge in [0.25, 0.3) is 0 Å². The van der Waals surface area contributed by atoms with Gasteiger partial charge in [0.15, 0.2) is 5.76 Å². The molecule has 1 unspecified atom stereocenters. The molecule has 26 heavy (non-hydrogen) atoms. The molecular weight excluding hydrogens is 330 g/mol. The number of hydrogen-bond acceptors (Lipinski definition) is 7. The first-order valence-corrected chi connectivity index (χ1v) is 8.79. The van der Waals surface area contributed by atoms with Gasteiger partial charge in [-0.15, -0.1) is 0 Å². The molecule has 1 aliphatic rings. The Morgan fingerprint density at radius 3 is 2.88 bits per heavy atom. The van der Waals surface area contributed by atoms with Crippen LogP contribution in [-0.2, 0) is 4.74 Å². The van der Waals surface area contributed by atoms with Crippen molar-refractivity contribution in [1.29, 1.82) is 0 Å². The fraction of sp³-hybridized carbons (Fsp3) is 0.368. The molecule has 3 aromatic rings. The highest BCUT2D eigenvalue weighted by atomic mass is 16.5. The number of nitrogens with one attached hydrogen (secondary N) is 1. The highest BCUT2D eigenvalue weighted by molar-refractivity contribution is 5.79. The monoisotopic (exact) mass is 351 g/mol. The standard InChI is InChI=1S/C19H21N5O2/c1-12-9-17(26-24-12)16-11-22-19(21-10-14-5-4-8-25-14)23-18(16)15-6-3-7-20-13(15)2/h3,6-7,9,11,14H,4-5,8,10H2,1-2H3,(H,21,22,23). The molecule has 7 heteroatoms. The van der Waals surface area contributed by atoms with E-state index < -0.39 is 0 Å². The summed E-state index contributed by atoms with van der Waals surface area (Å²) in [6.45, 7) is 5.38. The molecule has 0 spiro atoms. The minimum atomic E-state index is 0.221. The minimum Gasteiger partial charge on any atom is -0.376 e. The third-order valence-electron chi connectivity index (χ3n) is 4.46. The number of rotatable bonds is 5. The van der Waals surface area contributed by atoms with E-state index in [1.807, 2.05) is 32.0 Å². The summed E-state index contributed by atoms with van der Waals surface area (Å²) in [6, 6.07) is 5.79. The second-order valence-electron chi connectivity index (χ2n) is 6.44. The predicted molar refractivity (Wildman–Crippen MR) is 97.7 cm³/mol. The number of aryl methyl sites for hydroxylation is 2. The topological polar surface area (TPSA) is 86.0 Å². The second-order valence-corrected chi connectivity index (χ2v) is 6.44. The zero-order chi connectivity index (χ0) is 17.9. The zero-order valence-electron chi connectivity index (χ0n) is 14.9. The zero-order valence-corrected chi connectivity index (χ0v) is 14.9. The SMILES string of the molecule is Cc1cc(-c2cnc(NCC3CCCO3)nc2-c2cccnc2C)on1. The number of hydrogen-bond donors (Lipinski definition) is 1. The van der Waals surface area contributed by atoms with Crippen LogP contribution in [0.25, 0.3) is 22.6 Å². The number of pyridine rings is 1.